The molecule has 2 heterocycles. The zero-order valence-electron chi connectivity index (χ0n) is 13.8. The number of amides is 2. The van der Waals surface area contributed by atoms with E-state index < -0.39 is 11.9 Å². The van der Waals surface area contributed by atoms with E-state index in [1.807, 2.05) is 54.6 Å². The second kappa shape index (κ2) is 6.76. The molecular weight excluding hydrogens is 348 g/mol. The first-order chi connectivity index (χ1) is 12.6. The smallest absolute Gasteiger partial charge is 0.259 e. The van der Waals surface area contributed by atoms with Crippen molar-refractivity contribution in [1.82, 2.24) is 4.90 Å². The van der Waals surface area contributed by atoms with Crippen LogP contribution < -0.4 is 5.73 Å². The fourth-order valence-electron chi connectivity index (χ4n) is 3.00. The number of benzene rings is 2. The van der Waals surface area contributed by atoms with E-state index in [2.05, 4.69) is 9.98 Å². The molecule has 2 aliphatic heterocycles. The number of rotatable bonds is 4. The lowest BCUT2D eigenvalue weighted by atomic mass is 10.1. The van der Waals surface area contributed by atoms with Gasteiger partial charge in [0.2, 0.25) is 5.91 Å². The van der Waals surface area contributed by atoms with Gasteiger partial charge in [0.1, 0.15) is 11.9 Å². The summed E-state index contributed by atoms with van der Waals surface area (Å²) in [5.74, 6) is 0.0617. The summed E-state index contributed by atoms with van der Waals surface area (Å²) in [6.07, 6.45) is 0.523. The number of primary amides is 1. The molecule has 7 heteroatoms. The lowest BCUT2D eigenvalue weighted by Gasteiger charge is -2.25. The highest BCUT2D eigenvalue weighted by Crippen LogP contribution is 2.33. The molecule has 2 aromatic carbocycles. The van der Waals surface area contributed by atoms with E-state index in [4.69, 9.17) is 5.73 Å². The molecular formula is C19H16N4O2S. The Kier molecular flexibility index (Phi) is 4.30. The first-order valence-electron chi connectivity index (χ1n) is 8.18. The molecule has 2 aromatic rings. The molecule has 1 atom stereocenters. The van der Waals surface area contributed by atoms with Gasteiger partial charge in [-0.25, -0.2) is 9.89 Å². The third-order valence-electron chi connectivity index (χ3n) is 4.16. The predicted octanol–water partition coefficient (Wildman–Crippen LogP) is 2.11. The first kappa shape index (κ1) is 16.5. The maximum Gasteiger partial charge on any atom is 0.259 e. The van der Waals surface area contributed by atoms with Crippen LogP contribution in [0.1, 0.15) is 11.1 Å². The van der Waals surface area contributed by atoms with Crippen molar-refractivity contribution >= 4 is 40.3 Å². The highest BCUT2D eigenvalue weighted by atomic mass is 32.2. The van der Waals surface area contributed by atoms with E-state index in [0.29, 0.717) is 17.4 Å². The Balaban J connectivity index is 1.70. The molecule has 0 radical (unpaired) electrons. The van der Waals surface area contributed by atoms with Gasteiger partial charge in [-0.1, -0.05) is 54.2 Å². The SMILES string of the molecule is NC(=O)CSC1=Nc2ccccc2C2=NC(Cc3ccccc3)C(=O)N12. The van der Waals surface area contributed by atoms with Gasteiger partial charge in [0.25, 0.3) is 5.91 Å². The number of fused-ring (bicyclic) bond motifs is 3. The normalized spacial score (nSPS) is 18.1. The minimum atomic E-state index is -0.502. The van der Waals surface area contributed by atoms with E-state index >= 15 is 0 Å². The van der Waals surface area contributed by atoms with E-state index in [9.17, 15) is 9.59 Å². The van der Waals surface area contributed by atoms with Crippen molar-refractivity contribution in [3.63, 3.8) is 0 Å². The zero-order valence-corrected chi connectivity index (χ0v) is 14.6. The Morgan fingerprint density at radius 2 is 1.85 bits per heavy atom. The average molecular weight is 364 g/mol. The lowest BCUT2D eigenvalue weighted by Crippen LogP contribution is -2.41. The Morgan fingerprint density at radius 3 is 2.62 bits per heavy atom. The summed E-state index contributed by atoms with van der Waals surface area (Å²) >= 11 is 1.16. The van der Waals surface area contributed by atoms with Crippen LogP contribution in [0.25, 0.3) is 0 Å². The number of amidine groups is 2. The van der Waals surface area contributed by atoms with Crippen molar-refractivity contribution in [1.29, 1.82) is 0 Å². The highest BCUT2D eigenvalue weighted by Gasteiger charge is 2.41. The highest BCUT2D eigenvalue weighted by molar-refractivity contribution is 8.14. The van der Waals surface area contributed by atoms with Crippen molar-refractivity contribution in [2.24, 2.45) is 15.7 Å². The third-order valence-corrected chi connectivity index (χ3v) is 5.12. The zero-order chi connectivity index (χ0) is 18.1. The van der Waals surface area contributed by atoms with Crippen LogP contribution in [-0.2, 0) is 16.0 Å². The largest absolute Gasteiger partial charge is 0.369 e. The topological polar surface area (TPSA) is 88.1 Å². The summed E-state index contributed by atoms with van der Waals surface area (Å²) in [6, 6.07) is 16.8. The average Bonchev–Trinajstić information content (AvgIpc) is 2.97. The number of para-hydroxylation sites is 1. The van der Waals surface area contributed by atoms with Crippen LogP contribution in [0.2, 0.25) is 0 Å². The summed E-state index contributed by atoms with van der Waals surface area (Å²) in [4.78, 5) is 34.9. The molecule has 2 aliphatic rings. The van der Waals surface area contributed by atoms with E-state index in [0.717, 1.165) is 28.6 Å². The molecule has 2 N–H and O–H groups in total. The van der Waals surface area contributed by atoms with E-state index in [1.54, 1.807) is 0 Å². The van der Waals surface area contributed by atoms with Gasteiger partial charge in [-0.15, -0.1) is 0 Å². The Bertz CT molecular complexity index is 940. The molecule has 6 nitrogen and oxygen atoms in total. The van der Waals surface area contributed by atoms with Crippen LogP contribution in [0.4, 0.5) is 5.69 Å². The molecule has 0 aliphatic carbocycles. The summed E-state index contributed by atoms with van der Waals surface area (Å²) in [7, 11) is 0. The second-order valence-corrected chi connectivity index (χ2v) is 6.94. The van der Waals surface area contributed by atoms with Gasteiger partial charge in [0, 0.05) is 12.0 Å². The number of nitrogens with two attached hydrogens (primary N) is 1. The molecule has 0 saturated carbocycles. The van der Waals surface area contributed by atoms with Crippen LogP contribution in [-0.4, -0.2) is 39.5 Å². The minimum absolute atomic E-state index is 0.0570. The Labute approximate surface area is 154 Å². The summed E-state index contributed by atoms with van der Waals surface area (Å²) in [6.45, 7) is 0. The number of hydrogen-bond donors (Lipinski definition) is 1. The predicted molar refractivity (Wildman–Crippen MR) is 103 cm³/mol. The van der Waals surface area contributed by atoms with Crippen molar-refractivity contribution in [2.45, 2.75) is 12.5 Å². The summed E-state index contributed by atoms with van der Waals surface area (Å²) < 4.78 is 0. The van der Waals surface area contributed by atoms with Crippen molar-refractivity contribution in [2.75, 3.05) is 5.75 Å². The molecule has 26 heavy (non-hydrogen) atoms. The quantitative estimate of drug-likeness (QED) is 0.901. The van der Waals surface area contributed by atoms with Crippen molar-refractivity contribution < 1.29 is 9.59 Å². The molecule has 0 bridgehead atoms. The molecule has 4 rings (SSSR count). The lowest BCUT2D eigenvalue weighted by molar-refractivity contribution is -0.124. The number of thioether (sulfide) groups is 1. The summed E-state index contributed by atoms with van der Waals surface area (Å²) in [5, 5.41) is 0.446. The van der Waals surface area contributed by atoms with Crippen molar-refractivity contribution in [3.05, 3.63) is 65.7 Å². The maximum atomic E-state index is 13.0. The van der Waals surface area contributed by atoms with Gasteiger partial charge in [-0.2, -0.15) is 0 Å². The number of aliphatic imine (C=N–C) groups is 2. The van der Waals surface area contributed by atoms with Gasteiger partial charge in [-0.3, -0.25) is 14.6 Å². The minimum Gasteiger partial charge on any atom is -0.369 e. The van der Waals surface area contributed by atoms with Crippen LogP contribution >= 0.6 is 11.8 Å². The molecule has 0 fully saturated rings. The van der Waals surface area contributed by atoms with Crippen LogP contribution in [0.3, 0.4) is 0 Å². The second-order valence-electron chi connectivity index (χ2n) is 6.00. The number of nitrogens with zero attached hydrogens (tertiary/aromatic N) is 3. The van der Waals surface area contributed by atoms with Gasteiger partial charge in [-0.05, 0) is 17.7 Å². The van der Waals surface area contributed by atoms with Crippen LogP contribution in [0.15, 0.2) is 64.6 Å². The van der Waals surface area contributed by atoms with Gasteiger partial charge < -0.3 is 5.73 Å². The maximum absolute atomic E-state index is 13.0. The van der Waals surface area contributed by atoms with Gasteiger partial charge >= 0.3 is 0 Å². The molecule has 1 unspecified atom stereocenters. The Hall–Kier alpha value is -2.93. The van der Waals surface area contributed by atoms with Crippen LogP contribution in [0, 0.1) is 0 Å². The third kappa shape index (κ3) is 3.01. The molecule has 2 amide bonds. The summed E-state index contributed by atoms with van der Waals surface area (Å²) in [5.41, 5.74) is 7.86. The van der Waals surface area contributed by atoms with Crippen molar-refractivity contribution in [3.8, 4) is 0 Å². The fourth-order valence-corrected chi connectivity index (χ4v) is 3.74. The number of carbonyl (C=O) groups excluding carboxylic acids is 2. The molecule has 0 saturated heterocycles. The van der Waals surface area contributed by atoms with Gasteiger partial charge in [0.05, 0.1) is 11.4 Å². The van der Waals surface area contributed by atoms with Gasteiger partial charge in [0.15, 0.2) is 5.17 Å². The standard InChI is InChI=1S/C19H16N4O2S/c20-16(24)11-26-19-22-14-9-5-4-8-13(14)17-21-15(18(25)23(17)19)10-12-6-2-1-3-7-12/h1-9,15H,10-11H2,(H2,20,24). The first-order valence-corrected chi connectivity index (χ1v) is 9.17. The number of hydrogen-bond acceptors (Lipinski definition) is 5. The molecule has 0 aromatic heterocycles. The van der Waals surface area contributed by atoms with E-state index in [-0.39, 0.29) is 11.7 Å². The van der Waals surface area contributed by atoms with E-state index in [1.165, 1.54) is 4.90 Å². The number of carbonyl (C=O) groups is 2. The Morgan fingerprint density at radius 1 is 1.12 bits per heavy atom. The monoisotopic (exact) mass is 364 g/mol. The molecule has 130 valence electrons. The van der Waals surface area contributed by atoms with Crippen LogP contribution in [0.5, 0.6) is 0 Å². The fraction of sp³-hybridized carbons (Fsp3) is 0.158. The molecule has 0 spiro atoms.